The third-order valence-corrected chi connectivity index (χ3v) is 4.20. The predicted octanol–water partition coefficient (Wildman–Crippen LogP) is 3.34. The molecule has 1 fully saturated rings. The van der Waals surface area contributed by atoms with Crippen LogP contribution < -0.4 is 0 Å². The maximum atomic E-state index is 5.93. The second-order valence-corrected chi connectivity index (χ2v) is 6.09. The van der Waals surface area contributed by atoms with E-state index in [9.17, 15) is 0 Å². The minimum Gasteiger partial charge on any atom is -0.400 e. The second kappa shape index (κ2) is 4.76. The highest BCUT2D eigenvalue weighted by Gasteiger charge is 2.49. The molecule has 2 heterocycles. The van der Waals surface area contributed by atoms with Crippen LogP contribution in [0.25, 0.3) is 6.08 Å². The Morgan fingerprint density at radius 2 is 1.68 bits per heavy atom. The summed E-state index contributed by atoms with van der Waals surface area (Å²) < 4.78 is 11.9. The van der Waals surface area contributed by atoms with Crippen molar-refractivity contribution in [2.45, 2.75) is 52.7 Å². The van der Waals surface area contributed by atoms with Crippen molar-refractivity contribution in [2.24, 2.45) is 0 Å². The van der Waals surface area contributed by atoms with Crippen LogP contribution in [0.4, 0.5) is 0 Å². The quantitative estimate of drug-likeness (QED) is 0.763. The van der Waals surface area contributed by atoms with E-state index < -0.39 is 0 Å². The van der Waals surface area contributed by atoms with Crippen LogP contribution in [0.15, 0.2) is 18.2 Å². The van der Waals surface area contributed by atoms with Crippen molar-refractivity contribution in [1.29, 1.82) is 0 Å². The SMILES string of the molecule is Cc1nccc(/C=C/B2OC(C)(C)C(C)(C)O2)c1C. The lowest BCUT2D eigenvalue weighted by molar-refractivity contribution is 0.00578. The Bertz CT molecular complexity index is 493. The maximum absolute atomic E-state index is 5.93. The number of aryl methyl sites for hydroxylation is 1. The minimum atomic E-state index is -0.294. The molecule has 1 aromatic heterocycles. The molecule has 0 spiro atoms. The van der Waals surface area contributed by atoms with E-state index in [0.29, 0.717) is 0 Å². The summed E-state index contributed by atoms with van der Waals surface area (Å²) in [5.41, 5.74) is 2.82. The normalized spacial score (nSPS) is 21.3. The summed E-state index contributed by atoms with van der Waals surface area (Å²) in [7, 11) is -0.294. The van der Waals surface area contributed by atoms with E-state index in [1.807, 2.05) is 31.2 Å². The number of hydrogen-bond acceptors (Lipinski definition) is 3. The van der Waals surface area contributed by atoms with Gasteiger partial charge in [0.05, 0.1) is 11.2 Å². The summed E-state index contributed by atoms with van der Waals surface area (Å²) in [6, 6.07) is 2.00. The van der Waals surface area contributed by atoms with Gasteiger partial charge in [-0.25, -0.2) is 0 Å². The average molecular weight is 259 g/mol. The highest BCUT2D eigenvalue weighted by Crippen LogP contribution is 2.37. The summed E-state index contributed by atoms with van der Waals surface area (Å²) in [4.78, 5) is 4.27. The molecule has 3 nitrogen and oxygen atoms in total. The molecule has 1 aliphatic heterocycles. The van der Waals surface area contributed by atoms with Gasteiger partial charge in [0.2, 0.25) is 0 Å². The first-order valence-electron chi connectivity index (χ1n) is 6.69. The molecule has 102 valence electrons. The lowest BCUT2D eigenvalue weighted by Gasteiger charge is -2.32. The molecule has 0 bridgehead atoms. The number of hydrogen-bond donors (Lipinski definition) is 0. The van der Waals surface area contributed by atoms with Crippen LogP contribution in [-0.4, -0.2) is 23.3 Å². The molecule has 4 heteroatoms. The molecule has 0 radical (unpaired) electrons. The summed E-state index contributed by atoms with van der Waals surface area (Å²) in [5, 5.41) is 0. The van der Waals surface area contributed by atoms with Crippen molar-refractivity contribution in [1.82, 2.24) is 4.98 Å². The topological polar surface area (TPSA) is 31.4 Å². The van der Waals surface area contributed by atoms with Crippen LogP contribution in [0.5, 0.6) is 0 Å². The molecular formula is C15H22BNO2. The fourth-order valence-corrected chi connectivity index (χ4v) is 1.99. The Labute approximate surface area is 116 Å². The fraction of sp³-hybridized carbons (Fsp3) is 0.533. The molecule has 1 aromatic rings. The van der Waals surface area contributed by atoms with Crippen molar-refractivity contribution in [3.63, 3.8) is 0 Å². The first-order valence-corrected chi connectivity index (χ1v) is 6.69. The zero-order valence-corrected chi connectivity index (χ0v) is 12.7. The third kappa shape index (κ3) is 2.75. The number of rotatable bonds is 2. The first kappa shape index (κ1) is 14.3. The molecule has 0 unspecified atom stereocenters. The molecule has 0 atom stereocenters. The van der Waals surface area contributed by atoms with Crippen LogP contribution in [0.3, 0.4) is 0 Å². The second-order valence-electron chi connectivity index (χ2n) is 6.09. The van der Waals surface area contributed by atoms with Gasteiger partial charge in [0.1, 0.15) is 0 Å². The fourth-order valence-electron chi connectivity index (χ4n) is 1.99. The molecular weight excluding hydrogens is 237 g/mol. The molecule has 0 N–H and O–H groups in total. The van der Waals surface area contributed by atoms with E-state index in [1.165, 1.54) is 5.56 Å². The smallest absolute Gasteiger partial charge is 0.400 e. The van der Waals surface area contributed by atoms with Crippen LogP contribution in [0, 0.1) is 13.8 Å². The van der Waals surface area contributed by atoms with E-state index >= 15 is 0 Å². The molecule has 0 aromatic carbocycles. The Morgan fingerprint density at radius 3 is 2.26 bits per heavy atom. The monoisotopic (exact) mass is 259 g/mol. The summed E-state index contributed by atoms with van der Waals surface area (Å²) >= 11 is 0. The Kier molecular flexibility index (Phi) is 3.58. The van der Waals surface area contributed by atoms with Crippen LogP contribution in [0.1, 0.15) is 44.5 Å². The van der Waals surface area contributed by atoms with E-state index in [2.05, 4.69) is 39.6 Å². The van der Waals surface area contributed by atoms with Crippen molar-refractivity contribution >= 4 is 13.2 Å². The van der Waals surface area contributed by atoms with Gasteiger partial charge < -0.3 is 9.31 Å². The van der Waals surface area contributed by atoms with Crippen molar-refractivity contribution in [3.8, 4) is 0 Å². The van der Waals surface area contributed by atoms with E-state index in [-0.39, 0.29) is 18.3 Å². The number of pyridine rings is 1. The summed E-state index contributed by atoms with van der Waals surface area (Å²) in [6.07, 6.45) is 3.87. The Hall–Kier alpha value is -1.13. The lowest BCUT2D eigenvalue weighted by Crippen LogP contribution is -2.41. The van der Waals surface area contributed by atoms with Crippen molar-refractivity contribution in [3.05, 3.63) is 35.1 Å². The Morgan fingerprint density at radius 1 is 1.11 bits per heavy atom. The largest absolute Gasteiger partial charge is 0.487 e. The van der Waals surface area contributed by atoms with Crippen molar-refractivity contribution in [2.75, 3.05) is 0 Å². The van der Waals surface area contributed by atoms with Crippen LogP contribution in [0.2, 0.25) is 0 Å². The zero-order valence-electron chi connectivity index (χ0n) is 12.7. The zero-order chi connectivity index (χ0) is 14.3. The molecule has 1 aliphatic rings. The van der Waals surface area contributed by atoms with Gasteiger partial charge in [-0.05, 0) is 58.7 Å². The molecule has 0 saturated carbocycles. The molecule has 19 heavy (non-hydrogen) atoms. The highest BCUT2D eigenvalue weighted by atomic mass is 16.7. The maximum Gasteiger partial charge on any atom is 0.487 e. The van der Waals surface area contributed by atoms with Crippen molar-refractivity contribution < 1.29 is 9.31 Å². The standard InChI is InChI=1S/C15H22BNO2/c1-11-12(2)17-10-8-13(11)7-9-16-18-14(3,4)15(5,6)19-16/h7-10H,1-6H3/b9-7+. The molecule has 2 rings (SSSR count). The summed E-state index contributed by atoms with van der Waals surface area (Å²) in [6.45, 7) is 12.3. The van der Waals surface area contributed by atoms with Gasteiger partial charge in [0.15, 0.2) is 0 Å². The summed E-state index contributed by atoms with van der Waals surface area (Å²) in [5.74, 6) is 1.97. The molecule has 1 saturated heterocycles. The van der Waals surface area contributed by atoms with Gasteiger partial charge in [-0.2, -0.15) is 0 Å². The van der Waals surface area contributed by atoms with Gasteiger partial charge >= 0.3 is 7.12 Å². The van der Waals surface area contributed by atoms with Gasteiger partial charge in [0.25, 0.3) is 0 Å². The number of nitrogens with zero attached hydrogens (tertiary/aromatic N) is 1. The first-order chi connectivity index (χ1) is 8.73. The van der Waals surface area contributed by atoms with E-state index in [0.717, 1.165) is 11.3 Å². The Balaban J connectivity index is 2.15. The van der Waals surface area contributed by atoms with E-state index in [4.69, 9.17) is 9.31 Å². The third-order valence-electron chi connectivity index (χ3n) is 4.20. The number of aromatic nitrogens is 1. The van der Waals surface area contributed by atoms with Gasteiger partial charge in [-0.15, -0.1) is 0 Å². The van der Waals surface area contributed by atoms with Gasteiger partial charge in [-0.1, -0.05) is 12.1 Å². The lowest BCUT2D eigenvalue weighted by atomic mass is 9.88. The molecule has 0 aliphatic carbocycles. The van der Waals surface area contributed by atoms with Gasteiger partial charge in [0, 0.05) is 11.9 Å². The minimum absolute atomic E-state index is 0.286. The predicted molar refractivity (Wildman–Crippen MR) is 78.8 cm³/mol. The van der Waals surface area contributed by atoms with Gasteiger partial charge in [-0.3, -0.25) is 4.98 Å². The molecule has 0 amide bonds. The highest BCUT2D eigenvalue weighted by molar-refractivity contribution is 6.52. The van der Waals surface area contributed by atoms with Crippen LogP contribution in [-0.2, 0) is 9.31 Å². The van der Waals surface area contributed by atoms with E-state index in [1.54, 1.807) is 0 Å². The van der Waals surface area contributed by atoms with Crippen LogP contribution >= 0.6 is 0 Å². The average Bonchev–Trinajstić information content (AvgIpc) is 2.50.